The molecule has 0 aliphatic heterocycles. The van der Waals surface area contributed by atoms with Gasteiger partial charge in [-0.3, -0.25) is 0 Å². The number of benzene rings is 1. The zero-order chi connectivity index (χ0) is 11.4. The minimum Gasteiger partial charge on any atom is -0.396 e. The van der Waals surface area contributed by atoms with Gasteiger partial charge in [-0.15, -0.1) is 0 Å². The van der Waals surface area contributed by atoms with Crippen LogP contribution in [0, 0.1) is 23.5 Å². The molecule has 0 heterocycles. The zero-order valence-corrected chi connectivity index (χ0v) is 9.00. The molecular formula is C12H16F2O. The molecule has 3 heteroatoms. The standard InChI is InChI=1S/C12H16F2O/c1-8(2)10(7-15)5-9-3-4-11(13)6-12(9)14/h3-4,6,8,10,15H,5,7H2,1-2H3. The smallest absolute Gasteiger partial charge is 0.129 e. The summed E-state index contributed by atoms with van der Waals surface area (Å²) in [6.45, 7) is 3.97. The van der Waals surface area contributed by atoms with Crippen LogP contribution in [0.5, 0.6) is 0 Å². The minimum absolute atomic E-state index is 0.0185. The van der Waals surface area contributed by atoms with Gasteiger partial charge in [0, 0.05) is 12.7 Å². The molecule has 84 valence electrons. The number of rotatable bonds is 4. The van der Waals surface area contributed by atoms with E-state index in [9.17, 15) is 8.78 Å². The highest BCUT2D eigenvalue weighted by molar-refractivity contribution is 5.19. The van der Waals surface area contributed by atoms with E-state index < -0.39 is 11.6 Å². The second-order valence-corrected chi connectivity index (χ2v) is 4.13. The molecule has 1 N–H and O–H groups in total. The average Bonchev–Trinajstić information content (AvgIpc) is 2.16. The van der Waals surface area contributed by atoms with Gasteiger partial charge in [0.05, 0.1) is 0 Å². The summed E-state index contributed by atoms with van der Waals surface area (Å²) in [5.41, 5.74) is 0.462. The molecule has 0 fully saturated rings. The van der Waals surface area contributed by atoms with Gasteiger partial charge in [-0.05, 0) is 29.9 Å². The lowest BCUT2D eigenvalue weighted by atomic mass is 9.90. The van der Waals surface area contributed by atoms with Crippen molar-refractivity contribution in [2.24, 2.45) is 11.8 Å². The van der Waals surface area contributed by atoms with Gasteiger partial charge < -0.3 is 5.11 Å². The molecule has 15 heavy (non-hydrogen) atoms. The third-order valence-corrected chi connectivity index (χ3v) is 2.67. The maximum Gasteiger partial charge on any atom is 0.129 e. The van der Waals surface area contributed by atoms with Gasteiger partial charge >= 0.3 is 0 Å². The van der Waals surface area contributed by atoms with Crippen LogP contribution in [0.4, 0.5) is 8.78 Å². The Balaban J connectivity index is 2.79. The van der Waals surface area contributed by atoms with Crippen LogP contribution < -0.4 is 0 Å². The van der Waals surface area contributed by atoms with Crippen LogP contribution in [0.1, 0.15) is 19.4 Å². The predicted octanol–water partition coefficient (Wildman–Crippen LogP) is 2.77. The summed E-state index contributed by atoms with van der Waals surface area (Å²) in [5.74, 6) is -0.806. The molecule has 1 aromatic rings. The van der Waals surface area contributed by atoms with Crippen molar-refractivity contribution in [2.75, 3.05) is 6.61 Å². The van der Waals surface area contributed by atoms with E-state index in [4.69, 9.17) is 5.11 Å². The van der Waals surface area contributed by atoms with Crippen molar-refractivity contribution < 1.29 is 13.9 Å². The highest BCUT2D eigenvalue weighted by atomic mass is 19.1. The monoisotopic (exact) mass is 214 g/mol. The Bertz CT molecular complexity index is 323. The molecule has 1 unspecified atom stereocenters. The molecule has 0 saturated carbocycles. The SMILES string of the molecule is CC(C)C(CO)Cc1ccc(F)cc1F. The van der Waals surface area contributed by atoms with Crippen molar-refractivity contribution in [3.05, 3.63) is 35.4 Å². The summed E-state index contributed by atoms with van der Waals surface area (Å²) in [5, 5.41) is 9.11. The van der Waals surface area contributed by atoms with E-state index in [-0.39, 0.29) is 18.4 Å². The van der Waals surface area contributed by atoms with Crippen LogP contribution in [0.2, 0.25) is 0 Å². The van der Waals surface area contributed by atoms with Crippen LogP contribution in [0.25, 0.3) is 0 Å². The first kappa shape index (κ1) is 12.1. The minimum atomic E-state index is -0.568. The maximum absolute atomic E-state index is 13.3. The Hall–Kier alpha value is -0.960. The Morgan fingerprint density at radius 3 is 2.40 bits per heavy atom. The highest BCUT2D eigenvalue weighted by Gasteiger charge is 2.15. The van der Waals surface area contributed by atoms with Crippen molar-refractivity contribution in [2.45, 2.75) is 20.3 Å². The van der Waals surface area contributed by atoms with Gasteiger partial charge in [0.15, 0.2) is 0 Å². The van der Waals surface area contributed by atoms with E-state index in [0.29, 0.717) is 12.0 Å². The topological polar surface area (TPSA) is 20.2 Å². The Morgan fingerprint density at radius 1 is 1.27 bits per heavy atom. The second-order valence-electron chi connectivity index (χ2n) is 4.13. The van der Waals surface area contributed by atoms with E-state index in [2.05, 4.69) is 0 Å². The molecular weight excluding hydrogens is 198 g/mol. The number of aliphatic hydroxyl groups is 1. The Labute approximate surface area is 88.7 Å². The summed E-state index contributed by atoms with van der Waals surface area (Å²) in [6, 6.07) is 3.56. The fourth-order valence-electron chi connectivity index (χ4n) is 1.48. The lowest BCUT2D eigenvalue weighted by molar-refractivity contribution is 0.188. The molecule has 0 aliphatic carbocycles. The van der Waals surface area contributed by atoms with Crippen LogP contribution in [-0.2, 0) is 6.42 Å². The van der Waals surface area contributed by atoms with Crippen LogP contribution in [0.15, 0.2) is 18.2 Å². The van der Waals surface area contributed by atoms with E-state index >= 15 is 0 Å². The normalized spacial score (nSPS) is 13.2. The lowest BCUT2D eigenvalue weighted by Crippen LogP contribution is -2.17. The van der Waals surface area contributed by atoms with Gasteiger partial charge in [-0.2, -0.15) is 0 Å². The largest absolute Gasteiger partial charge is 0.396 e. The van der Waals surface area contributed by atoms with Gasteiger partial charge in [-0.1, -0.05) is 19.9 Å². The molecule has 0 spiro atoms. The van der Waals surface area contributed by atoms with Gasteiger partial charge in [0.25, 0.3) is 0 Å². The lowest BCUT2D eigenvalue weighted by Gasteiger charge is -2.18. The first-order valence-electron chi connectivity index (χ1n) is 5.09. The van der Waals surface area contributed by atoms with Gasteiger partial charge in [0.2, 0.25) is 0 Å². The van der Waals surface area contributed by atoms with Crippen molar-refractivity contribution in [1.82, 2.24) is 0 Å². The molecule has 1 nitrogen and oxygen atoms in total. The van der Waals surface area contributed by atoms with Crippen molar-refractivity contribution in [1.29, 1.82) is 0 Å². The fraction of sp³-hybridized carbons (Fsp3) is 0.500. The average molecular weight is 214 g/mol. The highest BCUT2D eigenvalue weighted by Crippen LogP contribution is 2.19. The molecule has 0 bridgehead atoms. The molecule has 1 rings (SSSR count). The van der Waals surface area contributed by atoms with Gasteiger partial charge in [0.1, 0.15) is 11.6 Å². The molecule has 0 aromatic heterocycles. The molecule has 0 aliphatic rings. The summed E-state index contributed by atoms with van der Waals surface area (Å²) < 4.78 is 25.9. The van der Waals surface area contributed by atoms with Gasteiger partial charge in [-0.25, -0.2) is 8.78 Å². The molecule has 1 atom stereocenters. The fourth-order valence-corrected chi connectivity index (χ4v) is 1.48. The third-order valence-electron chi connectivity index (χ3n) is 2.67. The van der Waals surface area contributed by atoms with Crippen LogP contribution in [-0.4, -0.2) is 11.7 Å². The molecule has 1 aromatic carbocycles. The molecule has 0 saturated heterocycles. The summed E-state index contributed by atoms with van der Waals surface area (Å²) >= 11 is 0. The Kier molecular flexibility index (Phi) is 4.21. The molecule has 0 amide bonds. The second kappa shape index (κ2) is 5.21. The van der Waals surface area contributed by atoms with E-state index in [1.165, 1.54) is 12.1 Å². The quantitative estimate of drug-likeness (QED) is 0.817. The Morgan fingerprint density at radius 2 is 1.93 bits per heavy atom. The summed E-state index contributed by atoms with van der Waals surface area (Å²) in [6.07, 6.45) is 0.445. The number of hydrogen-bond donors (Lipinski definition) is 1. The summed E-state index contributed by atoms with van der Waals surface area (Å²) in [7, 11) is 0. The zero-order valence-electron chi connectivity index (χ0n) is 9.00. The van der Waals surface area contributed by atoms with Crippen molar-refractivity contribution >= 4 is 0 Å². The number of hydrogen-bond acceptors (Lipinski definition) is 1. The first-order chi connectivity index (χ1) is 7.04. The van der Waals surface area contributed by atoms with Crippen molar-refractivity contribution in [3.63, 3.8) is 0 Å². The van der Waals surface area contributed by atoms with E-state index in [1.54, 1.807) is 0 Å². The maximum atomic E-state index is 13.3. The van der Waals surface area contributed by atoms with Crippen LogP contribution in [0.3, 0.4) is 0 Å². The van der Waals surface area contributed by atoms with E-state index in [1.807, 2.05) is 13.8 Å². The summed E-state index contributed by atoms with van der Waals surface area (Å²) in [4.78, 5) is 0. The van der Waals surface area contributed by atoms with Crippen LogP contribution >= 0.6 is 0 Å². The van der Waals surface area contributed by atoms with Crippen molar-refractivity contribution in [3.8, 4) is 0 Å². The third kappa shape index (κ3) is 3.27. The predicted molar refractivity (Wildman–Crippen MR) is 55.5 cm³/mol. The first-order valence-corrected chi connectivity index (χ1v) is 5.09. The van der Waals surface area contributed by atoms with E-state index in [0.717, 1.165) is 6.07 Å². The number of aliphatic hydroxyl groups excluding tert-OH is 1. The number of halogens is 2. The molecule has 0 radical (unpaired) electrons.